The van der Waals surface area contributed by atoms with Crippen molar-refractivity contribution in [1.29, 1.82) is 0 Å². The summed E-state index contributed by atoms with van der Waals surface area (Å²) in [5, 5.41) is 17.4. The standard InChI is InChI=1S/C6H9BClNO2/c8-6-3-5(7(10)11)1-2-9-4-6/h1,4,6,10-11H,2-3H2. The van der Waals surface area contributed by atoms with Crippen molar-refractivity contribution in [2.45, 2.75) is 11.8 Å². The second-order valence-corrected chi connectivity index (χ2v) is 2.95. The average Bonchev–Trinajstić information content (AvgIpc) is 2.13. The second kappa shape index (κ2) is 3.90. The van der Waals surface area contributed by atoms with E-state index in [1.54, 1.807) is 12.3 Å². The summed E-state index contributed by atoms with van der Waals surface area (Å²) in [4.78, 5) is 3.93. The Bertz CT molecular complexity index is 193. The number of halogens is 1. The van der Waals surface area contributed by atoms with Gasteiger partial charge < -0.3 is 10.0 Å². The number of nitrogens with zero attached hydrogens (tertiary/aromatic N) is 1. The van der Waals surface area contributed by atoms with Crippen LogP contribution in [0.4, 0.5) is 0 Å². The van der Waals surface area contributed by atoms with E-state index in [4.69, 9.17) is 21.6 Å². The van der Waals surface area contributed by atoms with Gasteiger partial charge in [-0.3, -0.25) is 4.99 Å². The van der Waals surface area contributed by atoms with Gasteiger partial charge in [0.05, 0.1) is 11.9 Å². The lowest BCUT2D eigenvalue weighted by Gasteiger charge is -2.04. The van der Waals surface area contributed by atoms with Crippen molar-refractivity contribution in [1.82, 2.24) is 0 Å². The molecule has 1 rings (SSSR count). The van der Waals surface area contributed by atoms with Gasteiger partial charge in [-0.05, 0) is 11.9 Å². The van der Waals surface area contributed by atoms with Gasteiger partial charge in [-0.1, -0.05) is 6.08 Å². The highest BCUT2D eigenvalue weighted by atomic mass is 35.5. The molecule has 1 atom stereocenters. The Labute approximate surface area is 70.5 Å². The summed E-state index contributed by atoms with van der Waals surface area (Å²) in [5.74, 6) is 0. The van der Waals surface area contributed by atoms with Gasteiger partial charge in [0.2, 0.25) is 0 Å². The molecule has 1 aliphatic rings. The zero-order valence-corrected chi connectivity index (χ0v) is 6.70. The number of hydrogen-bond acceptors (Lipinski definition) is 3. The molecule has 0 saturated carbocycles. The molecule has 0 fully saturated rings. The summed E-state index contributed by atoms with van der Waals surface area (Å²) in [6.07, 6.45) is 3.76. The molecule has 0 spiro atoms. The number of aliphatic imine (C=N–C) groups is 1. The van der Waals surface area contributed by atoms with Crippen molar-refractivity contribution in [3.63, 3.8) is 0 Å². The van der Waals surface area contributed by atoms with Gasteiger partial charge in [-0.15, -0.1) is 11.6 Å². The fourth-order valence-corrected chi connectivity index (χ4v) is 1.18. The maximum Gasteiger partial charge on any atom is 0.483 e. The third-order valence-corrected chi connectivity index (χ3v) is 1.76. The summed E-state index contributed by atoms with van der Waals surface area (Å²) in [5.41, 5.74) is 0.544. The van der Waals surface area contributed by atoms with Crippen LogP contribution in [0.15, 0.2) is 16.5 Å². The topological polar surface area (TPSA) is 52.8 Å². The smallest absolute Gasteiger partial charge is 0.423 e. The molecule has 1 heterocycles. The Kier molecular flexibility index (Phi) is 3.11. The van der Waals surface area contributed by atoms with Crippen LogP contribution in [0.3, 0.4) is 0 Å². The minimum atomic E-state index is -1.39. The van der Waals surface area contributed by atoms with E-state index in [1.807, 2.05) is 0 Å². The molecule has 0 aliphatic carbocycles. The Morgan fingerprint density at radius 1 is 1.64 bits per heavy atom. The van der Waals surface area contributed by atoms with Gasteiger partial charge in [0.1, 0.15) is 0 Å². The lowest BCUT2D eigenvalue weighted by Crippen LogP contribution is -2.18. The summed E-state index contributed by atoms with van der Waals surface area (Å²) >= 11 is 5.75. The summed E-state index contributed by atoms with van der Waals surface area (Å²) in [6, 6.07) is 0. The molecule has 11 heavy (non-hydrogen) atoms. The largest absolute Gasteiger partial charge is 0.483 e. The van der Waals surface area contributed by atoms with Crippen LogP contribution in [-0.4, -0.2) is 35.3 Å². The molecule has 3 nitrogen and oxygen atoms in total. The van der Waals surface area contributed by atoms with Crippen LogP contribution in [-0.2, 0) is 0 Å². The van der Waals surface area contributed by atoms with Crippen LogP contribution < -0.4 is 0 Å². The molecule has 1 unspecified atom stereocenters. The normalized spacial score (nSPS) is 24.3. The van der Waals surface area contributed by atoms with Gasteiger partial charge in [0, 0.05) is 6.21 Å². The molecule has 0 aromatic carbocycles. The van der Waals surface area contributed by atoms with Crippen LogP contribution in [0.1, 0.15) is 6.42 Å². The molecule has 1 aliphatic heterocycles. The Balaban J connectivity index is 2.62. The quantitative estimate of drug-likeness (QED) is 0.433. The lowest BCUT2D eigenvalue weighted by molar-refractivity contribution is 0.417. The minimum absolute atomic E-state index is 0.217. The van der Waals surface area contributed by atoms with E-state index in [1.165, 1.54) is 0 Å². The van der Waals surface area contributed by atoms with Crippen molar-refractivity contribution in [2.75, 3.05) is 6.54 Å². The second-order valence-electron chi connectivity index (χ2n) is 2.39. The van der Waals surface area contributed by atoms with Gasteiger partial charge in [-0.25, -0.2) is 0 Å². The minimum Gasteiger partial charge on any atom is -0.423 e. The van der Waals surface area contributed by atoms with Crippen LogP contribution in [0.2, 0.25) is 0 Å². The predicted octanol–water partition coefficient (Wildman–Crippen LogP) is 0.00670. The maximum atomic E-state index is 8.79. The molecule has 60 valence electrons. The Morgan fingerprint density at radius 2 is 2.36 bits per heavy atom. The third-order valence-electron chi connectivity index (χ3n) is 1.49. The van der Waals surface area contributed by atoms with Gasteiger partial charge in [0.25, 0.3) is 0 Å². The molecule has 5 heteroatoms. The van der Waals surface area contributed by atoms with Crippen molar-refractivity contribution in [3.8, 4) is 0 Å². The monoisotopic (exact) mass is 173 g/mol. The van der Waals surface area contributed by atoms with E-state index >= 15 is 0 Å². The van der Waals surface area contributed by atoms with E-state index in [9.17, 15) is 0 Å². The highest BCUT2D eigenvalue weighted by Crippen LogP contribution is 2.12. The van der Waals surface area contributed by atoms with E-state index in [2.05, 4.69) is 4.99 Å². The SMILES string of the molecule is OB(O)C1=CCN=CC(Cl)C1. The van der Waals surface area contributed by atoms with E-state index in [0.717, 1.165) is 0 Å². The highest BCUT2D eigenvalue weighted by molar-refractivity contribution is 6.51. The van der Waals surface area contributed by atoms with Crippen LogP contribution in [0, 0.1) is 0 Å². The molecule has 0 aromatic rings. The zero-order valence-electron chi connectivity index (χ0n) is 5.94. The van der Waals surface area contributed by atoms with Gasteiger partial charge >= 0.3 is 7.12 Å². The van der Waals surface area contributed by atoms with Crippen molar-refractivity contribution in [2.24, 2.45) is 4.99 Å². The van der Waals surface area contributed by atoms with Crippen LogP contribution in [0.5, 0.6) is 0 Å². The first-order valence-corrected chi connectivity index (χ1v) is 3.83. The van der Waals surface area contributed by atoms with Crippen molar-refractivity contribution < 1.29 is 10.0 Å². The third kappa shape index (κ3) is 2.65. The molecule has 0 bridgehead atoms. The fourth-order valence-electron chi connectivity index (χ4n) is 0.917. The molecule has 0 aromatic heterocycles. The fraction of sp³-hybridized carbons (Fsp3) is 0.500. The van der Waals surface area contributed by atoms with Crippen LogP contribution in [0.25, 0.3) is 0 Å². The average molecular weight is 173 g/mol. The predicted molar refractivity (Wildman–Crippen MR) is 45.9 cm³/mol. The molecular weight excluding hydrogens is 164 g/mol. The summed E-state index contributed by atoms with van der Waals surface area (Å²) in [7, 11) is -1.39. The van der Waals surface area contributed by atoms with E-state index in [-0.39, 0.29) is 5.38 Å². The lowest BCUT2D eigenvalue weighted by atomic mass is 9.76. The number of allylic oxidation sites excluding steroid dienone is 1. The zero-order chi connectivity index (χ0) is 8.27. The first-order chi connectivity index (χ1) is 5.20. The molecule has 2 N–H and O–H groups in total. The first-order valence-electron chi connectivity index (χ1n) is 3.39. The number of alkyl halides is 1. The summed E-state index contributed by atoms with van der Waals surface area (Å²) < 4.78 is 0. The highest BCUT2D eigenvalue weighted by Gasteiger charge is 2.18. The first kappa shape index (κ1) is 8.78. The van der Waals surface area contributed by atoms with E-state index < -0.39 is 7.12 Å². The molecule has 0 radical (unpaired) electrons. The molecular formula is C6H9BClNO2. The Hall–Kier alpha value is -0.315. The van der Waals surface area contributed by atoms with Crippen molar-refractivity contribution in [3.05, 3.63) is 11.5 Å². The maximum absolute atomic E-state index is 8.79. The van der Waals surface area contributed by atoms with E-state index in [0.29, 0.717) is 18.4 Å². The molecule has 0 amide bonds. The van der Waals surface area contributed by atoms with Gasteiger partial charge in [0.15, 0.2) is 0 Å². The van der Waals surface area contributed by atoms with Gasteiger partial charge in [-0.2, -0.15) is 0 Å². The summed E-state index contributed by atoms with van der Waals surface area (Å²) in [6.45, 7) is 0.482. The van der Waals surface area contributed by atoms with Crippen LogP contribution >= 0.6 is 11.6 Å². The number of rotatable bonds is 1. The molecule has 0 saturated heterocycles. The number of hydrogen-bond donors (Lipinski definition) is 2. The Morgan fingerprint density at radius 3 is 3.00 bits per heavy atom. The van der Waals surface area contributed by atoms with Crippen molar-refractivity contribution >= 4 is 24.9 Å².